The number of aliphatic hydroxyl groups is 2. The first kappa shape index (κ1) is 13.7. The van der Waals surface area contributed by atoms with E-state index < -0.39 is 29.9 Å². The lowest BCUT2D eigenvalue weighted by Crippen LogP contribution is -2.41. The van der Waals surface area contributed by atoms with Gasteiger partial charge < -0.3 is 20.8 Å². The standard InChI is InChI=1S/C13H16N2O4/c16-9(12-13(19)10(17)7-14-12)6-11(18)15-8-4-2-1-3-5-8/h1-5,10,12-14,17,19H,6-7H2,(H,15,18)/t10-,12+,13-/m0/s1. The highest BCUT2D eigenvalue weighted by Gasteiger charge is 2.38. The molecular weight excluding hydrogens is 248 g/mol. The molecule has 3 atom stereocenters. The number of para-hydroxylation sites is 1. The van der Waals surface area contributed by atoms with Crippen LogP contribution < -0.4 is 10.6 Å². The summed E-state index contributed by atoms with van der Waals surface area (Å²) in [6, 6.07) is 7.92. The Morgan fingerprint density at radius 1 is 1.26 bits per heavy atom. The molecule has 1 aliphatic rings. The number of amides is 1. The number of carbonyl (C=O) groups excluding carboxylic acids is 2. The second-order valence-electron chi connectivity index (χ2n) is 4.50. The quantitative estimate of drug-likeness (QED) is 0.538. The van der Waals surface area contributed by atoms with Crippen molar-refractivity contribution in [3.8, 4) is 0 Å². The predicted octanol–water partition coefficient (Wildman–Crippen LogP) is -0.722. The normalized spacial score (nSPS) is 26.1. The summed E-state index contributed by atoms with van der Waals surface area (Å²) in [5.74, 6) is -0.871. The Morgan fingerprint density at radius 2 is 1.95 bits per heavy atom. The molecule has 1 fully saturated rings. The lowest BCUT2D eigenvalue weighted by molar-refractivity contribution is -0.128. The van der Waals surface area contributed by atoms with E-state index in [9.17, 15) is 19.8 Å². The van der Waals surface area contributed by atoms with Crippen molar-refractivity contribution in [1.29, 1.82) is 0 Å². The summed E-state index contributed by atoms with van der Waals surface area (Å²) in [6.45, 7) is 0.151. The van der Waals surface area contributed by atoms with E-state index in [4.69, 9.17) is 0 Å². The summed E-state index contributed by atoms with van der Waals surface area (Å²) < 4.78 is 0. The summed E-state index contributed by atoms with van der Waals surface area (Å²) >= 11 is 0. The van der Waals surface area contributed by atoms with Gasteiger partial charge in [0.05, 0.1) is 18.6 Å². The van der Waals surface area contributed by atoms with Gasteiger partial charge in [-0.3, -0.25) is 9.59 Å². The average Bonchev–Trinajstić information content (AvgIpc) is 2.71. The largest absolute Gasteiger partial charge is 0.389 e. The molecule has 1 amide bonds. The van der Waals surface area contributed by atoms with Gasteiger partial charge in [-0.2, -0.15) is 0 Å². The third-order valence-corrected chi connectivity index (χ3v) is 3.02. The molecule has 102 valence electrons. The Morgan fingerprint density at radius 3 is 2.53 bits per heavy atom. The highest BCUT2D eigenvalue weighted by molar-refractivity contribution is 6.06. The smallest absolute Gasteiger partial charge is 0.231 e. The first-order valence-electron chi connectivity index (χ1n) is 6.05. The number of ketones is 1. The van der Waals surface area contributed by atoms with Crippen LogP contribution in [0.2, 0.25) is 0 Å². The van der Waals surface area contributed by atoms with Crippen LogP contribution in [0.4, 0.5) is 5.69 Å². The van der Waals surface area contributed by atoms with Gasteiger partial charge in [0.15, 0.2) is 5.78 Å². The van der Waals surface area contributed by atoms with E-state index >= 15 is 0 Å². The molecule has 19 heavy (non-hydrogen) atoms. The topological polar surface area (TPSA) is 98.7 Å². The van der Waals surface area contributed by atoms with E-state index in [2.05, 4.69) is 10.6 Å². The van der Waals surface area contributed by atoms with Crippen molar-refractivity contribution in [3.05, 3.63) is 30.3 Å². The first-order valence-corrected chi connectivity index (χ1v) is 6.05. The highest BCUT2D eigenvalue weighted by Crippen LogP contribution is 2.11. The molecule has 0 bridgehead atoms. The number of nitrogens with one attached hydrogen (secondary N) is 2. The average molecular weight is 264 g/mol. The van der Waals surface area contributed by atoms with Gasteiger partial charge in [0.2, 0.25) is 5.91 Å². The molecule has 0 spiro atoms. The van der Waals surface area contributed by atoms with E-state index in [1.54, 1.807) is 24.3 Å². The maximum absolute atomic E-state index is 11.8. The summed E-state index contributed by atoms with van der Waals surface area (Å²) in [4.78, 5) is 23.5. The molecule has 0 aromatic heterocycles. The number of anilines is 1. The van der Waals surface area contributed by atoms with Gasteiger partial charge in [-0.1, -0.05) is 18.2 Å². The molecular formula is C13H16N2O4. The van der Waals surface area contributed by atoms with E-state index in [1.165, 1.54) is 0 Å². The molecule has 2 rings (SSSR count). The Balaban J connectivity index is 1.87. The molecule has 1 aromatic rings. The molecule has 6 nitrogen and oxygen atoms in total. The second kappa shape index (κ2) is 5.92. The Kier molecular flexibility index (Phi) is 4.26. The zero-order valence-corrected chi connectivity index (χ0v) is 10.2. The number of β-amino-alcohol motifs (C(OH)–C–C–N with tert-alkyl or cyclic N) is 1. The van der Waals surface area contributed by atoms with Gasteiger partial charge in [-0.15, -0.1) is 0 Å². The van der Waals surface area contributed by atoms with Crippen LogP contribution in [0.25, 0.3) is 0 Å². The fourth-order valence-corrected chi connectivity index (χ4v) is 2.01. The maximum atomic E-state index is 11.8. The number of hydrogen-bond acceptors (Lipinski definition) is 5. The van der Waals surface area contributed by atoms with Gasteiger partial charge in [-0.05, 0) is 12.1 Å². The van der Waals surface area contributed by atoms with Crippen molar-refractivity contribution < 1.29 is 19.8 Å². The van der Waals surface area contributed by atoms with Crippen molar-refractivity contribution in [2.24, 2.45) is 0 Å². The van der Waals surface area contributed by atoms with E-state index in [1.807, 2.05) is 6.07 Å². The van der Waals surface area contributed by atoms with Crippen LogP contribution in [0, 0.1) is 0 Å². The summed E-state index contributed by atoms with van der Waals surface area (Å²) in [6.07, 6.45) is -2.46. The summed E-state index contributed by atoms with van der Waals surface area (Å²) in [7, 11) is 0. The SMILES string of the molecule is O=C(CC(=O)[C@H]1NC[C@H](O)[C@@H]1O)Nc1ccccc1. The fraction of sp³-hybridized carbons (Fsp3) is 0.385. The first-order chi connectivity index (χ1) is 9.08. The highest BCUT2D eigenvalue weighted by atomic mass is 16.3. The van der Waals surface area contributed by atoms with E-state index in [-0.39, 0.29) is 13.0 Å². The molecule has 1 aliphatic heterocycles. The van der Waals surface area contributed by atoms with Crippen LogP contribution in [-0.2, 0) is 9.59 Å². The minimum atomic E-state index is -1.16. The Labute approximate surface area is 110 Å². The minimum absolute atomic E-state index is 0.151. The molecule has 0 saturated carbocycles. The van der Waals surface area contributed by atoms with Crippen LogP contribution in [0.1, 0.15) is 6.42 Å². The van der Waals surface area contributed by atoms with Crippen LogP contribution in [0.15, 0.2) is 30.3 Å². The molecule has 6 heteroatoms. The van der Waals surface area contributed by atoms with Gasteiger partial charge in [0, 0.05) is 12.2 Å². The lowest BCUT2D eigenvalue weighted by atomic mass is 10.0. The molecule has 1 heterocycles. The van der Waals surface area contributed by atoms with Gasteiger partial charge in [-0.25, -0.2) is 0 Å². The lowest BCUT2D eigenvalue weighted by Gasteiger charge is -2.14. The molecule has 0 unspecified atom stereocenters. The van der Waals surface area contributed by atoms with E-state index in [0.29, 0.717) is 5.69 Å². The third kappa shape index (κ3) is 3.37. The number of hydrogen-bond donors (Lipinski definition) is 4. The van der Waals surface area contributed by atoms with Gasteiger partial charge in [0.1, 0.15) is 6.10 Å². The van der Waals surface area contributed by atoms with Crippen molar-refractivity contribution in [2.45, 2.75) is 24.7 Å². The third-order valence-electron chi connectivity index (χ3n) is 3.02. The van der Waals surface area contributed by atoms with Crippen LogP contribution in [0.5, 0.6) is 0 Å². The number of carbonyl (C=O) groups is 2. The molecule has 0 radical (unpaired) electrons. The Bertz CT molecular complexity index is 463. The molecule has 1 aromatic carbocycles. The van der Waals surface area contributed by atoms with Crippen LogP contribution >= 0.6 is 0 Å². The molecule has 4 N–H and O–H groups in total. The summed E-state index contributed by atoms with van der Waals surface area (Å²) in [5, 5.41) is 24.2. The van der Waals surface area contributed by atoms with Gasteiger partial charge >= 0.3 is 0 Å². The fourth-order valence-electron chi connectivity index (χ4n) is 2.01. The number of Topliss-reactive ketones (excluding diaryl/α,β-unsaturated/α-hetero) is 1. The van der Waals surface area contributed by atoms with E-state index in [0.717, 1.165) is 0 Å². The zero-order chi connectivity index (χ0) is 13.8. The van der Waals surface area contributed by atoms with Crippen LogP contribution in [0.3, 0.4) is 0 Å². The summed E-state index contributed by atoms with van der Waals surface area (Å²) in [5.41, 5.74) is 0.611. The number of benzene rings is 1. The van der Waals surface area contributed by atoms with Crippen LogP contribution in [-0.4, -0.2) is 46.7 Å². The number of rotatable bonds is 4. The monoisotopic (exact) mass is 264 g/mol. The zero-order valence-electron chi connectivity index (χ0n) is 10.2. The molecule has 1 saturated heterocycles. The molecule has 0 aliphatic carbocycles. The van der Waals surface area contributed by atoms with Crippen molar-refractivity contribution in [1.82, 2.24) is 5.32 Å². The van der Waals surface area contributed by atoms with Crippen molar-refractivity contribution in [3.63, 3.8) is 0 Å². The maximum Gasteiger partial charge on any atom is 0.231 e. The van der Waals surface area contributed by atoms with Gasteiger partial charge in [0.25, 0.3) is 0 Å². The number of aliphatic hydroxyl groups excluding tert-OH is 2. The Hall–Kier alpha value is -1.76. The van der Waals surface area contributed by atoms with Crippen molar-refractivity contribution >= 4 is 17.4 Å². The second-order valence-corrected chi connectivity index (χ2v) is 4.50. The minimum Gasteiger partial charge on any atom is -0.389 e. The predicted molar refractivity (Wildman–Crippen MR) is 68.5 cm³/mol. The van der Waals surface area contributed by atoms with Crippen molar-refractivity contribution in [2.75, 3.05) is 11.9 Å².